The minimum Gasteiger partial charge on any atom is -0.370 e. The van der Waals surface area contributed by atoms with Crippen molar-refractivity contribution in [2.24, 2.45) is 0 Å². The molecule has 5 heteroatoms. The number of anilines is 2. The van der Waals surface area contributed by atoms with Crippen LogP contribution in [0.2, 0.25) is 0 Å². The van der Waals surface area contributed by atoms with Gasteiger partial charge in [0.05, 0.1) is 0 Å². The predicted octanol–water partition coefficient (Wildman–Crippen LogP) is 2.06. The van der Waals surface area contributed by atoms with Gasteiger partial charge >= 0.3 is 0 Å². The molecular weight excluding hydrogens is 290 g/mol. The van der Waals surface area contributed by atoms with Crippen LogP contribution in [0.1, 0.15) is 19.4 Å². The van der Waals surface area contributed by atoms with Crippen LogP contribution in [0.3, 0.4) is 0 Å². The topological polar surface area (TPSA) is 55.8 Å². The van der Waals surface area contributed by atoms with Gasteiger partial charge in [0.15, 0.2) is 0 Å². The number of aliphatic hydroxyl groups excluding tert-OH is 1. The zero-order valence-electron chi connectivity index (χ0n) is 13.6. The number of carbonyl (C=O) groups excluding carboxylic acids is 1. The molecule has 2 atom stereocenters. The third kappa shape index (κ3) is 2.97. The quantitative estimate of drug-likeness (QED) is 0.821. The highest BCUT2D eigenvalue weighted by molar-refractivity contribution is 5.87. The summed E-state index contributed by atoms with van der Waals surface area (Å²) in [5.41, 5.74) is 4.08. The van der Waals surface area contributed by atoms with E-state index in [1.165, 1.54) is 6.08 Å². The van der Waals surface area contributed by atoms with Gasteiger partial charge in [-0.3, -0.25) is 4.79 Å². The molecule has 2 aliphatic rings. The number of amides is 1. The summed E-state index contributed by atoms with van der Waals surface area (Å²) in [4.78, 5) is 16.0. The van der Waals surface area contributed by atoms with Crippen molar-refractivity contribution in [2.45, 2.75) is 26.1 Å². The van der Waals surface area contributed by atoms with Crippen LogP contribution < -0.4 is 10.2 Å². The number of fused-ring (bicyclic) bond motifs is 1. The zero-order chi connectivity index (χ0) is 16.6. The molecule has 3 rings (SSSR count). The Bertz CT molecular complexity index is 668. The first kappa shape index (κ1) is 15.6. The maximum atomic E-state index is 11.8. The number of hydrogen-bond donors (Lipinski definition) is 2. The maximum absolute atomic E-state index is 11.8. The van der Waals surface area contributed by atoms with Crippen molar-refractivity contribution in [1.29, 1.82) is 0 Å². The molecule has 1 amide bonds. The van der Waals surface area contributed by atoms with Crippen molar-refractivity contribution in [3.63, 3.8) is 0 Å². The number of nitrogens with one attached hydrogen (secondary N) is 1. The van der Waals surface area contributed by atoms with Crippen molar-refractivity contribution >= 4 is 23.4 Å². The molecule has 0 aromatic heterocycles. The largest absolute Gasteiger partial charge is 0.370 e. The van der Waals surface area contributed by atoms with Gasteiger partial charge < -0.3 is 20.2 Å². The Balaban J connectivity index is 1.79. The number of rotatable bonds is 2. The summed E-state index contributed by atoms with van der Waals surface area (Å²) in [6, 6.07) is 6.35. The molecule has 2 heterocycles. The first-order valence-corrected chi connectivity index (χ1v) is 7.94. The first-order valence-electron chi connectivity index (χ1n) is 7.94. The lowest BCUT2D eigenvalue weighted by molar-refractivity contribution is -0.128. The monoisotopic (exact) mass is 313 g/mol. The van der Waals surface area contributed by atoms with E-state index in [9.17, 15) is 9.90 Å². The molecule has 0 spiro atoms. The molecule has 2 aliphatic heterocycles. The number of nitrogens with zero attached hydrogens (tertiary/aromatic N) is 2. The van der Waals surface area contributed by atoms with Gasteiger partial charge in [0, 0.05) is 37.1 Å². The van der Waals surface area contributed by atoms with Crippen LogP contribution in [-0.4, -0.2) is 47.8 Å². The van der Waals surface area contributed by atoms with E-state index in [1.807, 2.05) is 24.0 Å². The van der Waals surface area contributed by atoms with Gasteiger partial charge in [0.2, 0.25) is 5.91 Å². The molecule has 23 heavy (non-hydrogen) atoms. The van der Waals surface area contributed by atoms with Crippen LogP contribution >= 0.6 is 0 Å². The molecule has 5 nitrogen and oxygen atoms in total. The van der Waals surface area contributed by atoms with E-state index >= 15 is 0 Å². The molecule has 1 fully saturated rings. The fraction of sp³-hybridized carbons (Fsp3) is 0.389. The van der Waals surface area contributed by atoms with Gasteiger partial charge in [-0.15, -0.1) is 0 Å². The fourth-order valence-corrected chi connectivity index (χ4v) is 3.22. The Hall–Kier alpha value is -2.27. The summed E-state index contributed by atoms with van der Waals surface area (Å²) >= 11 is 0. The maximum Gasteiger partial charge on any atom is 0.246 e. The standard InChI is InChI=1S/C18H23N3O2/c1-4-17(22)21-8-7-20(11-13(21)3)15-5-6-16-14(10-15)9-12(2)18(23)19-16/h4-6,9-10,13,18-19,23H,1,7-8,11H2,2-3H3/t13-,18?/m1/s1. The summed E-state index contributed by atoms with van der Waals surface area (Å²) in [6.45, 7) is 9.86. The number of aliphatic hydroxyl groups is 1. The second-order valence-corrected chi connectivity index (χ2v) is 6.24. The number of piperazine rings is 1. The Labute approximate surface area is 136 Å². The van der Waals surface area contributed by atoms with E-state index in [1.54, 1.807) is 0 Å². The lowest BCUT2D eigenvalue weighted by atomic mass is 10.0. The molecule has 0 saturated carbocycles. The first-order chi connectivity index (χ1) is 11.0. The van der Waals surface area contributed by atoms with Crippen LogP contribution in [0.25, 0.3) is 6.08 Å². The van der Waals surface area contributed by atoms with Crippen LogP contribution in [0.5, 0.6) is 0 Å². The Morgan fingerprint density at radius 3 is 2.91 bits per heavy atom. The molecule has 0 radical (unpaired) electrons. The summed E-state index contributed by atoms with van der Waals surface area (Å²) in [6.07, 6.45) is 2.79. The molecule has 1 aromatic rings. The highest BCUT2D eigenvalue weighted by Gasteiger charge is 2.26. The van der Waals surface area contributed by atoms with Gasteiger partial charge in [-0.1, -0.05) is 6.58 Å². The van der Waals surface area contributed by atoms with E-state index in [2.05, 4.69) is 35.9 Å². The van der Waals surface area contributed by atoms with Crippen LogP contribution in [-0.2, 0) is 4.79 Å². The van der Waals surface area contributed by atoms with Crippen molar-refractivity contribution in [3.8, 4) is 0 Å². The van der Waals surface area contributed by atoms with Gasteiger partial charge in [-0.25, -0.2) is 0 Å². The summed E-state index contributed by atoms with van der Waals surface area (Å²) in [5, 5.41) is 12.9. The average Bonchev–Trinajstić information content (AvgIpc) is 2.54. The molecule has 1 saturated heterocycles. The molecule has 0 aliphatic carbocycles. The average molecular weight is 313 g/mol. The van der Waals surface area contributed by atoms with Gasteiger partial charge in [0.25, 0.3) is 0 Å². The van der Waals surface area contributed by atoms with E-state index in [4.69, 9.17) is 0 Å². The zero-order valence-corrected chi connectivity index (χ0v) is 13.6. The fourth-order valence-electron chi connectivity index (χ4n) is 3.22. The minimum atomic E-state index is -0.609. The van der Waals surface area contributed by atoms with Crippen LogP contribution in [0.4, 0.5) is 11.4 Å². The highest BCUT2D eigenvalue weighted by atomic mass is 16.3. The van der Waals surface area contributed by atoms with Gasteiger partial charge in [-0.2, -0.15) is 0 Å². The lowest BCUT2D eigenvalue weighted by Crippen LogP contribution is -2.53. The van der Waals surface area contributed by atoms with Crippen molar-refractivity contribution in [2.75, 3.05) is 29.9 Å². The third-order valence-electron chi connectivity index (χ3n) is 4.59. The second kappa shape index (κ2) is 6.08. The predicted molar refractivity (Wildman–Crippen MR) is 93.3 cm³/mol. The van der Waals surface area contributed by atoms with Crippen LogP contribution in [0, 0.1) is 0 Å². The van der Waals surface area contributed by atoms with Crippen LogP contribution in [0.15, 0.2) is 36.4 Å². The smallest absolute Gasteiger partial charge is 0.246 e. The van der Waals surface area contributed by atoms with E-state index in [0.29, 0.717) is 6.54 Å². The third-order valence-corrected chi connectivity index (χ3v) is 4.59. The van der Waals surface area contributed by atoms with Crippen molar-refractivity contribution in [3.05, 3.63) is 42.0 Å². The van der Waals surface area contributed by atoms with Gasteiger partial charge in [-0.05, 0) is 55.3 Å². The molecular formula is C18H23N3O2. The van der Waals surface area contributed by atoms with E-state index in [0.717, 1.165) is 35.6 Å². The minimum absolute atomic E-state index is 0.000614. The highest BCUT2D eigenvalue weighted by Crippen LogP contribution is 2.31. The Morgan fingerprint density at radius 1 is 1.43 bits per heavy atom. The second-order valence-electron chi connectivity index (χ2n) is 6.24. The molecule has 1 aromatic carbocycles. The molecule has 0 bridgehead atoms. The van der Waals surface area contributed by atoms with E-state index in [-0.39, 0.29) is 11.9 Å². The van der Waals surface area contributed by atoms with Crippen molar-refractivity contribution < 1.29 is 9.90 Å². The number of hydrogen-bond acceptors (Lipinski definition) is 4. The summed E-state index contributed by atoms with van der Waals surface area (Å²) in [5.74, 6) is -0.000614. The Kier molecular flexibility index (Phi) is 4.13. The van der Waals surface area contributed by atoms with E-state index < -0.39 is 6.23 Å². The normalized spacial score (nSPS) is 23.7. The molecule has 1 unspecified atom stereocenters. The lowest BCUT2D eigenvalue weighted by Gasteiger charge is -2.40. The summed E-state index contributed by atoms with van der Waals surface area (Å²) < 4.78 is 0. The molecule has 122 valence electrons. The SMILES string of the molecule is C=CC(=O)N1CCN(c2ccc3c(c2)C=C(C)C(O)N3)C[C@H]1C. The summed E-state index contributed by atoms with van der Waals surface area (Å²) in [7, 11) is 0. The number of carbonyl (C=O) groups is 1. The molecule has 2 N–H and O–H groups in total. The van der Waals surface area contributed by atoms with Crippen molar-refractivity contribution in [1.82, 2.24) is 4.90 Å². The number of benzene rings is 1. The Morgan fingerprint density at radius 2 is 2.22 bits per heavy atom. The van der Waals surface area contributed by atoms with Gasteiger partial charge in [0.1, 0.15) is 6.23 Å².